The van der Waals surface area contributed by atoms with E-state index in [2.05, 4.69) is 5.32 Å². The second-order valence-corrected chi connectivity index (χ2v) is 3.73. The molecule has 0 saturated heterocycles. The van der Waals surface area contributed by atoms with Crippen LogP contribution in [0.1, 0.15) is 18.9 Å². The van der Waals surface area contributed by atoms with Gasteiger partial charge in [-0.1, -0.05) is 25.1 Å². The Labute approximate surface area is 106 Å². The fourth-order valence-corrected chi connectivity index (χ4v) is 1.45. The molecule has 0 aliphatic rings. The molecule has 18 heavy (non-hydrogen) atoms. The number of carbonyl (C=O) groups is 2. The Morgan fingerprint density at radius 1 is 1.33 bits per heavy atom. The molecule has 1 amide bonds. The summed E-state index contributed by atoms with van der Waals surface area (Å²) in [7, 11) is 0. The standard InChI is InChI=1S/C13H17NO4/c1-2-10-5-3-4-6-11(10)18-8-7-12(15)14-9-13(16)17/h3-6H,2,7-9H2,1H3,(H,14,15)(H,16,17). The summed E-state index contributed by atoms with van der Waals surface area (Å²) in [5.41, 5.74) is 1.09. The molecular weight excluding hydrogens is 234 g/mol. The normalized spacial score (nSPS) is 9.83. The predicted molar refractivity (Wildman–Crippen MR) is 66.6 cm³/mol. The van der Waals surface area contributed by atoms with Gasteiger partial charge in [0, 0.05) is 0 Å². The molecule has 5 nitrogen and oxygen atoms in total. The Balaban J connectivity index is 2.33. The molecule has 0 aliphatic heterocycles. The molecule has 98 valence electrons. The molecule has 5 heteroatoms. The lowest BCUT2D eigenvalue weighted by Gasteiger charge is -2.09. The zero-order valence-corrected chi connectivity index (χ0v) is 10.3. The topological polar surface area (TPSA) is 75.6 Å². The maximum atomic E-state index is 11.2. The minimum absolute atomic E-state index is 0.144. The van der Waals surface area contributed by atoms with Crippen LogP contribution in [0.15, 0.2) is 24.3 Å². The number of hydrogen-bond acceptors (Lipinski definition) is 3. The fraction of sp³-hybridized carbons (Fsp3) is 0.385. The highest BCUT2D eigenvalue weighted by Crippen LogP contribution is 2.18. The first-order valence-corrected chi connectivity index (χ1v) is 5.82. The molecule has 0 spiro atoms. The van der Waals surface area contributed by atoms with E-state index < -0.39 is 5.97 Å². The van der Waals surface area contributed by atoms with Gasteiger partial charge in [0.2, 0.25) is 5.91 Å². The molecule has 0 bridgehead atoms. The minimum Gasteiger partial charge on any atom is -0.493 e. The smallest absolute Gasteiger partial charge is 0.322 e. The van der Waals surface area contributed by atoms with Crippen LogP contribution in [0.25, 0.3) is 0 Å². The summed E-state index contributed by atoms with van der Waals surface area (Å²) >= 11 is 0. The third kappa shape index (κ3) is 4.86. The van der Waals surface area contributed by atoms with Crippen LogP contribution < -0.4 is 10.1 Å². The molecule has 0 saturated carbocycles. The fourth-order valence-electron chi connectivity index (χ4n) is 1.45. The summed E-state index contributed by atoms with van der Waals surface area (Å²) < 4.78 is 5.50. The maximum Gasteiger partial charge on any atom is 0.322 e. The Morgan fingerprint density at radius 3 is 2.72 bits per heavy atom. The molecule has 0 unspecified atom stereocenters. The Hall–Kier alpha value is -2.04. The van der Waals surface area contributed by atoms with Crippen LogP contribution in [-0.4, -0.2) is 30.1 Å². The lowest BCUT2D eigenvalue weighted by molar-refractivity contribution is -0.138. The highest BCUT2D eigenvalue weighted by molar-refractivity contribution is 5.81. The lowest BCUT2D eigenvalue weighted by Crippen LogP contribution is -2.30. The molecule has 1 aromatic rings. The van der Waals surface area contributed by atoms with Gasteiger partial charge < -0.3 is 15.2 Å². The minimum atomic E-state index is -1.06. The van der Waals surface area contributed by atoms with E-state index in [1.54, 1.807) is 0 Å². The van der Waals surface area contributed by atoms with Gasteiger partial charge in [-0.3, -0.25) is 9.59 Å². The van der Waals surface area contributed by atoms with E-state index in [1.165, 1.54) is 0 Å². The summed E-state index contributed by atoms with van der Waals surface area (Å²) in [5.74, 6) is -0.613. The average Bonchev–Trinajstić information content (AvgIpc) is 2.37. The second kappa shape index (κ2) is 7.32. The maximum absolute atomic E-state index is 11.2. The Morgan fingerprint density at radius 2 is 2.06 bits per heavy atom. The summed E-state index contributed by atoms with van der Waals surface area (Å²) in [6, 6.07) is 7.64. The monoisotopic (exact) mass is 251 g/mol. The van der Waals surface area contributed by atoms with Crippen LogP contribution in [0, 0.1) is 0 Å². The van der Waals surface area contributed by atoms with E-state index in [-0.39, 0.29) is 25.5 Å². The number of carbonyl (C=O) groups excluding carboxylic acids is 1. The van der Waals surface area contributed by atoms with Gasteiger partial charge in [-0.2, -0.15) is 0 Å². The van der Waals surface area contributed by atoms with Gasteiger partial charge in [0.15, 0.2) is 0 Å². The van der Waals surface area contributed by atoms with Crippen LogP contribution in [-0.2, 0) is 16.0 Å². The third-order valence-corrected chi connectivity index (χ3v) is 2.38. The van der Waals surface area contributed by atoms with Crippen LogP contribution in [0.5, 0.6) is 5.75 Å². The predicted octanol–water partition coefficient (Wildman–Crippen LogP) is 1.22. The number of para-hydroxylation sites is 1. The first-order valence-electron chi connectivity index (χ1n) is 5.82. The zero-order valence-electron chi connectivity index (χ0n) is 10.3. The number of carboxylic acids is 1. The number of carboxylic acid groups (broad SMARTS) is 1. The van der Waals surface area contributed by atoms with E-state index in [0.717, 1.165) is 17.7 Å². The summed E-state index contributed by atoms with van der Waals surface area (Å²) in [5, 5.41) is 10.7. The van der Waals surface area contributed by atoms with Crippen molar-refractivity contribution < 1.29 is 19.4 Å². The van der Waals surface area contributed by atoms with Crippen molar-refractivity contribution in [2.24, 2.45) is 0 Å². The number of hydrogen-bond donors (Lipinski definition) is 2. The SMILES string of the molecule is CCc1ccccc1OCCC(=O)NCC(=O)O. The number of benzene rings is 1. The van der Waals surface area contributed by atoms with Gasteiger partial charge in [0.05, 0.1) is 13.0 Å². The van der Waals surface area contributed by atoms with Gasteiger partial charge in [-0.25, -0.2) is 0 Å². The van der Waals surface area contributed by atoms with E-state index in [4.69, 9.17) is 9.84 Å². The van der Waals surface area contributed by atoms with E-state index >= 15 is 0 Å². The molecule has 1 aromatic carbocycles. The second-order valence-electron chi connectivity index (χ2n) is 3.73. The van der Waals surface area contributed by atoms with Gasteiger partial charge >= 0.3 is 5.97 Å². The van der Waals surface area contributed by atoms with Crippen molar-refractivity contribution >= 4 is 11.9 Å². The molecule has 0 radical (unpaired) electrons. The number of ether oxygens (including phenoxy) is 1. The van der Waals surface area contributed by atoms with Gasteiger partial charge in [0.1, 0.15) is 12.3 Å². The molecule has 2 N–H and O–H groups in total. The number of aliphatic carboxylic acids is 1. The van der Waals surface area contributed by atoms with Gasteiger partial charge in [-0.05, 0) is 18.1 Å². The zero-order chi connectivity index (χ0) is 13.4. The van der Waals surface area contributed by atoms with Crippen LogP contribution in [0.4, 0.5) is 0 Å². The van der Waals surface area contributed by atoms with Crippen molar-refractivity contribution in [1.29, 1.82) is 0 Å². The highest BCUT2D eigenvalue weighted by atomic mass is 16.5. The van der Waals surface area contributed by atoms with Crippen molar-refractivity contribution in [2.75, 3.05) is 13.2 Å². The van der Waals surface area contributed by atoms with E-state index in [1.807, 2.05) is 31.2 Å². The van der Waals surface area contributed by atoms with Crippen molar-refractivity contribution in [1.82, 2.24) is 5.32 Å². The molecule has 0 heterocycles. The third-order valence-electron chi connectivity index (χ3n) is 2.38. The van der Waals surface area contributed by atoms with Crippen molar-refractivity contribution in [3.05, 3.63) is 29.8 Å². The highest BCUT2D eigenvalue weighted by Gasteiger charge is 2.05. The quantitative estimate of drug-likeness (QED) is 0.764. The van der Waals surface area contributed by atoms with Crippen LogP contribution in [0.2, 0.25) is 0 Å². The molecule has 0 aliphatic carbocycles. The molecule has 0 atom stereocenters. The Bertz CT molecular complexity index is 417. The summed E-state index contributed by atoms with van der Waals surface area (Å²) in [6.07, 6.45) is 1.01. The van der Waals surface area contributed by atoms with Gasteiger partial charge in [0.25, 0.3) is 0 Å². The summed E-state index contributed by atoms with van der Waals surface area (Å²) in [6.45, 7) is 1.91. The number of nitrogens with one attached hydrogen (secondary N) is 1. The Kier molecular flexibility index (Phi) is 5.70. The van der Waals surface area contributed by atoms with Crippen LogP contribution >= 0.6 is 0 Å². The van der Waals surface area contributed by atoms with Crippen LogP contribution in [0.3, 0.4) is 0 Å². The first kappa shape index (κ1) is 14.0. The van der Waals surface area contributed by atoms with E-state index in [9.17, 15) is 9.59 Å². The molecule has 0 fully saturated rings. The number of amides is 1. The lowest BCUT2D eigenvalue weighted by atomic mass is 10.1. The van der Waals surface area contributed by atoms with E-state index in [0.29, 0.717) is 0 Å². The van der Waals surface area contributed by atoms with Crippen molar-refractivity contribution in [3.63, 3.8) is 0 Å². The first-order chi connectivity index (χ1) is 8.63. The summed E-state index contributed by atoms with van der Waals surface area (Å²) in [4.78, 5) is 21.5. The largest absolute Gasteiger partial charge is 0.493 e. The average molecular weight is 251 g/mol. The molecule has 1 rings (SSSR count). The molecular formula is C13H17NO4. The van der Waals surface area contributed by atoms with Crippen molar-refractivity contribution in [2.45, 2.75) is 19.8 Å². The number of rotatable bonds is 7. The number of aryl methyl sites for hydroxylation is 1. The molecule has 0 aromatic heterocycles. The van der Waals surface area contributed by atoms with Gasteiger partial charge in [-0.15, -0.1) is 0 Å². The van der Waals surface area contributed by atoms with Crippen molar-refractivity contribution in [3.8, 4) is 5.75 Å².